The number of nitrogens with one attached hydrogen (secondary N) is 1. The monoisotopic (exact) mass is 1040 g/mol. The summed E-state index contributed by atoms with van der Waals surface area (Å²) in [5, 5.41) is 44.1. The molecule has 0 radical (unpaired) electrons. The van der Waals surface area contributed by atoms with Crippen LogP contribution in [-0.4, -0.2) is 57.3 Å². The Kier molecular flexibility index (Phi) is 61.6. The smallest absolute Gasteiger partial charge is 0.249 e. The molecule has 6 nitrogen and oxygen atoms in total. The van der Waals surface area contributed by atoms with Gasteiger partial charge in [0.2, 0.25) is 5.91 Å². The van der Waals surface area contributed by atoms with Crippen molar-refractivity contribution in [3.63, 3.8) is 0 Å². The summed E-state index contributed by atoms with van der Waals surface area (Å²) < 4.78 is 0. The summed E-state index contributed by atoms with van der Waals surface area (Å²) in [5.74, 6) is -0.587. The maximum absolute atomic E-state index is 12.6. The second-order valence-electron chi connectivity index (χ2n) is 23.5. The van der Waals surface area contributed by atoms with Gasteiger partial charge in [0, 0.05) is 0 Å². The second kappa shape index (κ2) is 62.6. The minimum atomic E-state index is -1.28. The fourth-order valence-corrected chi connectivity index (χ4v) is 10.9. The van der Waals surface area contributed by atoms with E-state index in [1.165, 1.54) is 308 Å². The maximum Gasteiger partial charge on any atom is 0.249 e. The van der Waals surface area contributed by atoms with Crippen molar-refractivity contribution in [3.05, 3.63) is 24.3 Å². The van der Waals surface area contributed by atoms with Crippen LogP contribution in [-0.2, 0) is 4.79 Å². The number of hydrogen-bond acceptors (Lipinski definition) is 5. The molecule has 0 aromatic carbocycles. The zero-order valence-corrected chi connectivity index (χ0v) is 50.1. The Hall–Kier alpha value is -1.21. The van der Waals surface area contributed by atoms with E-state index >= 15 is 0 Å². The Balaban J connectivity index is 3.53. The molecule has 5 N–H and O–H groups in total. The molecule has 1 amide bonds. The van der Waals surface area contributed by atoms with Crippen molar-refractivity contribution < 1.29 is 25.2 Å². The lowest BCUT2D eigenvalue weighted by atomic mass is 10.00. The van der Waals surface area contributed by atoms with E-state index in [1.807, 2.05) is 0 Å². The Morgan fingerprint density at radius 1 is 0.324 bits per heavy atom. The quantitative estimate of drug-likeness (QED) is 0.0308. The lowest BCUT2D eigenvalue weighted by Gasteiger charge is -2.27. The van der Waals surface area contributed by atoms with E-state index in [-0.39, 0.29) is 0 Å². The third-order valence-corrected chi connectivity index (χ3v) is 16.1. The summed E-state index contributed by atoms with van der Waals surface area (Å²) in [4.78, 5) is 12.6. The summed E-state index contributed by atoms with van der Waals surface area (Å²) in [7, 11) is 0. The van der Waals surface area contributed by atoms with Crippen LogP contribution in [0.25, 0.3) is 0 Å². The van der Waals surface area contributed by atoms with Crippen LogP contribution in [0.3, 0.4) is 0 Å². The summed E-state index contributed by atoms with van der Waals surface area (Å²) in [6.07, 6.45) is 78.8. The summed E-state index contributed by atoms with van der Waals surface area (Å²) in [6, 6.07) is -1.00. The first-order valence-electron chi connectivity index (χ1n) is 33.7. The molecule has 440 valence electrons. The van der Waals surface area contributed by atoms with Crippen molar-refractivity contribution in [3.8, 4) is 0 Å². The predicted molar refractivity (Wildman–Crippen MR) is 325 cm³/mol. The van der Waals surface area contributed by atoms with Gasteiger partial charge in [-0.25, -0.2) is 0 Å². The van der Waals surface area contributed by atoms with Crippen LogP contribution in [0.1, 0.15) is 373 Å². The SMILES string of the molecule is CCCCCCCCCCCCCCCCC/C=C/CCCC(O)C(O)C(CO)NC(=O)C(O)CCCCCCCCCCCCCCCCCC/C=C\CCCCCCCCCCCCCCCCCCCC. The summed E-state index contributed by atoms with van der Waals surface area (Å²) >= 11 is 0. The van der Waals surface area contributed by atoms with Crippen molar-refractivity contribution >= 4 is 5.91 Å². The molecule has 0 aromatic heterocycles. The highest BCUT2D eigenvalue weighted by molar-refractivity contribution is 5.80. The largest absolute Gasteiger partial charge is 0.394 e. The third-order valence-electron chi connectivity index (χ3n) is 16.1. The average Bonchev–Trinajstić information content (AvgIpc) is 3.41. The molecule has 0 bridgehead atoms. The van der Waals surface area contributed by atoms with Crippen LogP contribution < -0.4 is 5.32 Å². The van der Waals surface area contributed by atoms with E-state index in [0.29, 0.717) is 12.8 Å². The van der Waals surface area contributed by atoms with Crippen LogP contribution >= 0.6 is 0 Å². The van der Waals surface area contributed by atoms with Gasteiger partial charge in [0.1, 0.15) is 12.2 Å². The molecule has 0 saturated heterocycles. The molecular weight excluding hydrogens is 911 g/mol. The van der Waals surface area contributed by atoms with Gasteiger partial charge in [-0.3, -0.25) is 4.79 Å². The van der Waals surface area contributed by atoms with Gasteiger partial charge in [-0.2, -0.15) is 0 Å². The van der Waals surface area contributed by atoms with E-state index in [1.54, 1.807) is 0 Å². The number of aliphatic hydroxyl groups excluding tert-OH is 4. The molecule has 0 spiro atoms. The molecule has 0 fully saturated rings. The van der Waals surface area contributed by atoms with Crippen LogP contribution in [0.4, 0.5) is 0 Å². The first-order valence-corrected chi connectivity index (χ1v) is 33.7. The van der Waals surface area contributed by atoms with Gasteiger partial charge in [-0.1, -0.05) is 334 Å². The van der Waals surface area contributed by atoms with Crippen LogP contribution in [0, 0.1) is 0 Å². The molecule has 0 aliphatic rings. The van der Waals surface area contributed by atoms with Gasteiger partial charge >= 0.3 is 0 Å². The van der Waals surface area contributed by atoms with E-state index in [0.717, 1.165) is 38.5 Å². The zero-order valence-electron chi connectivity index (χ0n) is 50.1. The van der Waals surface area contributed by atoms with E-state index < -0.39 is 36.9 Å². The van der Waals surface area contributed by atoms with Gasteiger partial charge in [0.15, 0.2) is 0 Å². The normalized spacial score (nSPS) is 13.6. The fourth-order valence-electron chi connectivity index (χ4n) is 10.9. The highest BCUT2D eigenvalue weighted by atomic mass is 16.3. The van der Waals surface area contributed by atoms with Crippen molar-refractivity contribution in [1.29, 1.82) is 0 Å². The Bertz CT molecular complexity index is 1130. The highest BCUT2D eigenvalue weighted by Crippen LogP contribution is 2.19. The topological polar surface area (TPSA) is 110 Å². The van der Waals surface area contributed by atoms with Gasteiger partial charge in [0.05, 0.1) is 18.8 Å². The first kappa shape index (κ1) is 72.8. The van der Waals surface area contributed by atoms with Crippen LogP contribution in [0.5, 0.6) is 0 Å². The molecule has 0 aliphatic carbocycles. The lowest BCUT2D eigenvalue weighted by molar-refractivity contribution is -0.132. The second-order valence-corrected chi connectivity index (χ2v) is 23.5. The third kappa shape index (κ3) is 55.5. The minimum Gasteiger partial charge on any atom is -0.394 e. The number of carbonyl (C=O) groups is 1. The molecule has 0 rings (SSSR count). The number of amides is 1. The molecule has 0 heterocycles. The molecule has 6 heteroatoms. The van der Waals surface area contributed by atoms with Crippen molar-refractivity contribution in [2.24, 2.45) is 0 Å². The number of hydrogen-bond donors (Lipinski definition) is 5. The molecule has 74 heavy (non-hydrogen) atoms. The van der Waals surface area contributed by atoms with E-state index in [4.69, 9.17) is 0 Å². The molecule has 4 unspecified atom stereocenters. The molecule has 4 atom stereocenters. The zero-order chi connectivity index (χ0) is 53.7. The molecule has 0 aliphatic heterocycles. The number of allylic oxidation sites excluding steroid dienone is 4. The maximum atomic E-state index is 12.6. The van der Waals surface area contributed by atoms with Gasteiger partial charge in [0.25, 0.3) is 0 Å². The van der Waals surface area contributed by atoms with Crippen molar-refractivity contribution in [2.75, 3.05) is 6.61 Å². The summed E-state index contributed by atoms with van der Waals surface area (Å²) in [5.41, 5.74) is 0. The number of aliphatic hydroxyl groups is 4. The Morgan fingerprint density at radius 2 is 0.554 bits per heavy atom. The van der Waals surface area contributed by atoms with Crippen LogP contribution in [0.15, 0.2) is 24.3 Å². The molecular formula is C68H133NO5. The first-order chi connectivity index (χ1) is 36.5. The minimum absolute atomic E-state index is 0.366. The fraction of sp³-hybridized carbons (Fsp3) is 0.926. The molecule has 0 aromatic rings. The standard InChI is InChI=1S/C68H133NO5/c1-3-5-7-9-11-13-15-17-19-21-23-25-26-27-28-29-30-31-32-33-34-35-36-37-38-39-40-41-42-44-46-48-50-52-54-56-58-60-62-66(72)68(74)69-64(63-70)67(73)65(71)61-59-57-55-53-51-49-47-45-43-24-22-20-18-16-14-12-10-8-6-4-2/h33-34,53,55,64-67,70-73H,3-32,35-52,54,56-63H2,1-2H3,(H,69,74)/b34-33-,55-53+. The average molecular weight is 1040 g/mol. The number of rotatable bonds is 63. The number of unbranched alkanes of at least 4 members (excludes halogenated alkanes) is 50. The Labute approximate surface area is 463 Å². The van der Waals surface area contributed by atoms with Crippen molar-refractivity contribution in [1.82, 2.24) is 5.32 Å². The van der Waals surface area contributed by atoms with E-state index in [9.17, 15) is 25.2 Å². The predicted octanol–water partition coefficient (Wildman–Crippen LogP) is 20.5. The van der Waals surface area contributed by atoms with Gasteiger partial charge in [-0.15, -0.1) is 0 Å². The van der Waals surface area contributed by atoms with Gasteiger partial charge < -0.3 is 25.7 Å². The highest BCUT2D eigenvalue weighted by Gasteiger charge is 2.28. The Morgan fingerprint density at radius 3 is 0.811 bits per heavy atom. The van der Waals surface area contributed by atoms with Gasteiger partial charge in [-0.05, 0) is 64.2 Å². The lowest BCUT2D eigenvalue weighted by Crippen LogP contribution is -2.53. The molecule has 0 saturated carbocycles. The van der Waals surface area contributed by atoms with Crippen molar-refractivity contribution in [2.45, 2.75) is 398 Å². The number of carbonyl (C=O) groups excluding carboxylic acids is 1. The van der Waals surface area contributed by atoms with Crippen LogP contribution in [0.2, 0.25) is 0 Å². The van der Waals surface area contributed by atoms with E-state index in [2.05, 4.69) is 43.5 Å². The summed E-state index contributed by atoms with van der Waals surface area (Å²) in [6.45, 7) is 4.09.